The predicted molar refractivity (Wildman–Crippen MR) is 64.9 cm³/mol. The first-order valence-corrected chi connectivity index (χ1v) is 9.08. The summed E-state index contributed by atoms with van der Waals surface area (Å²) in [6, 6.07) is 0. The number of hydrogen-bond donors (Lipinski definition) is 2. The normalized spacial score (nSPS) is 34.4. The maximum Gasteiger partial charge on any atom is 0.327 e. The second kappa shape index (κ2) is 4.69. The number of sulfonamides is 1. The second-order valence-corrected chi connectivity index (χ2v) is 9.05. The lowest BCUT2D eigenvalue weighted by Gasteiger charge is -2.25. The third kappa shape index (κ3) is 2.91. The molecule has 2 N–H and O–H groups in total. The van der Waals surface area contributed by atoms with Gasteiger partial charge in [-0.3, -0.25) is 4.79 Å². The van der Waals surface area contributed by atoms with Gasteiger partial charge in [-0.25, -0.2) is 16.8 Å². The summed E-state index contributed by atoms with van der Waals surface area (Å²) in [5.74, 6) is -1.96. The van der Waals surface area contributed by atoms with Gasteiger partial charge in [-0.15, -0.1) is 0 Å². The quantitative estimate of drug-likeness (QED) is 0.635. The van der Waals surface area contributed by atoms with E-state index in [0.717, 1.165) is 0 Å². The fraction of sp³-hybridized carbons (Fsp3) is 0.889. The molecule has 0 aliphatic carbocycles. The van der Waals surface area contributed by atoms with Crippen LogP contribution < -0.4 is 4.72 Å². The van der Waals surface area contributed by atoms with Crippen LogP contribution in [0.4, 0.5) is 0 Å². The minimum absolute atomic E-state index is 0.00573. The zero-order valence-electron chi connectivity index (χ0n) is 10.0. The van der Waals surface area contributed by atoms with Crippen molar-refractivity contribution in [3.05, 3.63) is 0 Å². The molecule has 0 spiro atoms. The van der Waals surface area contributed by atoms with Crippen LogP contribution in [0.1, 0.15) is 12.8 Å². The summed E-state index contributed by atoms with van der Waals surface area (Å²) in [4.78, 5) is 11.2. The third-order valence-electron chi connectivity index (χ3n) is 3.40. The molecule has 0 radical (unpaired) electrons. The van der Waals surface area contributed by atoms with Gasteiger partial charge < -0.3 is 9.84 Å². The smallest absolute Gasteiger partial charge is 0.327 e. The molecule has 0 aromatic carbocycles. The molecule has 0 aromatic heterocycles. The minimum atomic E-state index is -4.01. The average Bonchev–Trinajstić information content (AvgIpc) is 2.85. The number of aliphatic carboxylic acids is 1. The molecule has 2 saturated heterocycles. The lowest BCUT2D eigenvalue weighted by Crippen LogP contribution is -2.57. The van der Waals surface area contributed by atoms with Crippen molar-refractivity contribution < 1.29 is 31.5 Å². The fourth-order valence-electron chi connectivity index (χ4n) is 2.22. The molecular weight excluding hydrogens is 298 g/mol. The van der Waals surface area contributed by atoms with Gasteiger partial charge in [-0.1, -0.05) is 0 Å². The first-order valence-electron chi connectivity index (χ1n) is 5.71. The van der Waals surface area contributed by atoms with Crippen molar-refractivity contribution in [1.82, 2.24) is 4.72 Å². The van der Waals surface area contributed by atoms with E-state index in [-0.39, 0.29) is 31.8 Å². The first-order chi connectivity index (χ1) is 8.67. The lowest BCUT2D eigenvalue weighted by atomic mass is 10.0. The van der Waals surface area contributed by atoms with Gasteiger partial charge in [0.1, 0.15) is 0 Å². The number of carboxylic acid groups (broad SMARTS) is 1. The molecule has 10 heteroatoms. The van der Waals surface area contributed by atoms with E-state index >= 15 is 0 Å². The Hall–Kier alpha value is -0.710. The number of ether oxygens (including phenoxy) is 1. The lowest BCUT2D eigenvalue weighted by molar-refractivity contribution is -0.144. The first kappa shape index (κ1) is 14.7. The Labute approximate surface area is 111 Å². The highest BCUT2D eigenvalue weighted by Gasteiger charge is 2.48. The van der Waals surface area contributed by atoms with Crippen molar-refractivity contribution >= 4 is 25.8 Å². The van der Waals surface area contributed by atoms with Crippen molar-refractivity contribution in [2.75, 3.05) is 24.7 Å². The Morgan fingerprint density at radius 2 is 2.11 bits per heavy atom. The van der Waals surface area contributed by atoms with Crippen LogP contribution in [-0.4, -0.2) is 63.4 Å². The van der Waals surface area contributed by atoms with E-state index in [1.807, 2.05) is 0 Å². The van der Waals surface area contributed by atoms with Gasteiger partial charge in [0.05, 0.1) is 23.4 Å². The van der Waals surface area contributed by atoms with Gasteiger partial charge in [-0.2, -0.15) is 4.72 Å². The van der Waals surface area contributed by atoms with Crippen LogP contribution in [0, 0.1) is 0 Å². The Balaban J connectivity index is 2.19. The summed E-state index contributed by atoms with van der Waals surface area (Å²) >= 11 is 0. The van der Waals surface area contributed by atoms with Crippen LogP contribution in [0.3, 0.4) is 0 Å². The Morgan fingerprint density at radius 1 is 1.42 bits per heavy atom. The van der Waals surface area contributed by atoms with Gasteiger partial charge in [0.25, 0.3) is 0 Å². The van der Waals surface area contributed by atoms with E-state index in [4.69, 9.17) is 9.84 Å². The summed E-state index contributed by atoms with van der Waals surface area (Å²) in [5.41, 5.74) is -1.68. The molecule has 2 aliphatic heterocycles. The Bertz CT molecular complexity index is 574. The number of hydrogen-bond acceptors (Lipinski definition) is 6. The van der Waals surface area contributed by atoms with Crippen molar-refractivity contribution in [1.29, 1.82) is 0 Å². The Kier molecular flexibility index (Phi) is 3.62. The molecule has 0 amide bonds. The Morgan fingerprint density at radius 3 is 2.53 bits per heavy atom. The molecular formula is C9H15NO7S2. The van der Waals surface area contributed by atoms with Crippen LogP contribution in [0.5, 0.6) is 0 Å². The largest absolute Gasteiger partial charge is 0.480 e. The zero-order chi connectivity index (χ0) is 14.3. The van der Waals surface area contributed by atoms with Crippen LogP contribution in [0.2, 0.25) is 0 Å². The van der Waals surface area contributed by atoms with Crippen LogP contribution in [-0.2, 0) is 29.4 Å². The van der Waals surface area contributed by atoms with Crippen molar-refractivity contribution in [2.45, 2.75) is 23.6 Å². The van der Waals surface area contributed by atoms with Gasteiger partial charge in [0, 0.05) is 13.0 Å². The summed E-state index contributed by atoms with van der Waals surface area (Å²) in [7, 11) is -7.36. The van der Waals surface area contributed by atoms with E-state index in [9.17, 15) is 21.6 Å². The molecule has 2 aliphatic rings. The van der Waals surface area contributed by atoms with Crippen molar-refractivity contribution in [2.24, 2.45) is 0 Å². The summed E-state index contributed by atoms with van der Waals surface area (Å²) in [6.45, 7) is -0.0984. The number of rotatable bonds is 4. The second-order valence-electron chi connectivity index (χ2n) is 4.86. The maximum absolute atomic E-state index is 12.1. The monoisotopic (exact) mass is 313 g/mol. The van der Waals surface area contributed by atoms with Gasteiger partial charge >= 0.3 is 5.97 Å². The average molecular weight is 313 g/mol. The molecule has 2 rings (SSSR count). The number of sulfone groups is 1. The molecule has 2 atom stereocenters. The SMILES string of the molecule is O=C(O)C1(NS(=O)(=O)C2CCS(=O)(=O)C2)CCOC1. The topological polar surface area (TPSA) is 127 Å². The predicted octanol–water partition coefficient (Wildman–Crippen LogP) is -1.66. The van der Waals surface area contributed by atoms with Crippen LogP contribution in [0.25, 0.3) is 0 Å². The number of carboxylic acids is 1. The minimum Gasteiger partial charge on any atom is -0.480 e. The summed E-state index contributed by atoms with van der Waals surface area (Å²) in [6.07, 6.45) is 0.0231. The van der Waals surface area contributed by atoms with Crippen molar-refractivity contribution in [3.8, 4) is 0 Å². The van der Waals surface area contributed by atoms with E-state index in [0.29, 0.717) is 0 Å². The molecule has 0 aromatic rings. The molecule has 110 valence electrons. The van der Waals surface area contributed by atoms with Gasteiger partial charge in [0.2, 0.25) is 10.0 Å². The molecule has 0 bridgehead atoms. The van der Waals surface area contributed by atoms with Gasteiger partial charge in [0.15, 0.2) is 15.4 Å². The molecule has 8 nitrogen and oxygen atoms in total. The zero-order valence-corrected chi connectivity index (χ0v) is 11.7. The maximum atomic E-state index is 12.1. The van der Waals surface area contributed by atoms with E-state index in [1.54, 1.807) is 0 Å². The van der Waals surface area contributed by atoms with Gasteiger partial charge in [-0.05, 0) is 6.42 Å². The highest BCUT2D eigenvalue weighted by molar-refractivity contribution is 7.95. The standard InChI is InChI=1S/C9H15NO7S2/c11-8(12)9(2-3-17-6-9)10-19(15,16)7-1-4-18(13,14)5-7/h7,10H,1-6H2,(H,11,12). The number of carbonyl (C=O) groups is 1. The van der Waals surface area contributed by atoms with Crippen molar-refractivity contribution in [3.63, 3.8) is 0 Å². The van der Waals surface area contributed by atoms with E-state index in [1.165, 1.54) is 0 Å². The summed E-state index contributed by atoms with van der Waals surface area (Å²) in [5, 5.41) is 8.06. The van der Waals surface area contributed by atoms with Crippen LogP contribution >= 0.6 is 0 Å². The molecule has 2 unspecified atom stereocenters. The molecule has 0 saturated carbocycles. The highest BCUT2D eigenvalue weighted by atomic mass is 32.2. The molecule has 19 heavy (non-hydrogen) atoms. The highest BCUT2D eigenvalue weighted by Crippen LogP contribution is 2.24. The van der Waals surface area contributed by atoms with Crippen LogP contribution in [0.15, 0.2) is 0 Å². The summed E-state index contributed by atoms with van der Waals surface area (Å²) < 4.78 is 53.9. The number of nitrogens with one attached hydrogen (secondary N) is 1. The van der Waals surface area contributed by atoms with E-state index < -0.39 is 42.4 Å². The van der Waals surface area contributed by atoms with E-state index in [2.05, 4.69) is 4.72 Å². The fourth-order valence-corrected chi connectivity index (χ4v) is 6.64. The molecule has 2 fully saturated rings. The molecule has 2 heterocycles. The third-order valence-corrected chi connectivity index (χ3v) is 7.33.